The highest BCUT2D eigenvalue weighted by Crippen LogP contribution is 2.44. The van der Waals surface area contributed by atoms with Crippen molar-refractivity contribution in [1.82, 2.24) is 5.32 Å². The highest BCUT2D eigenvalue weighted by atomic mass is 32.2. The van der Waals surface area contributed by atoms with E-state index in [2.05, 4.69) is 5.32 Å². The van der Waals surface area contributed by atoms with Gasteiger partial charge in [-0.05, 0) is 55.4 Å². The van der Waals surface area contributed by atoms with E-state index in [1.54, 1.807) is 54.6 Å². The molecule has 6 heteroatoms. The van der Waals surface area contributed by atoms with Gasteiger partial charge in [0.25, 0.3) is 15.9 Å². The third kappa shape index (κ3) is 3.34. The van der Waals surface area contributed by atoms with E-state index in [4.69, 9.17) is 0 Å². The lowest BCUT2D eigenvalue weighted by Gasteiger charge is -2.25. The molecule has 2 aliphatic carbocycles. The Morgan fingerprint density at radius 1 is 1.00 bits per heavy atom. The Morgan fingerprint density at radius 2 is 1.70 bits per heavy atom. The number of hydrogen-bond acceptors (Lipinski definition) is 3. The largest absolute Gasteiger partial charge is 0.349 e. The first-order valence-corrected chi connectivity index (χ1v) is 10.8. The molecule has 0 spiro atoms. The Labute approximate surface area is 160 Å². The lowest BCUT2D eigenvalue weighted by molar-refractivity contribution is 0.0923. The van der Waals surface area contributed by atoms with Crippen LogP contribution in [0.15, 0.2) is 59.5 Å². The molecule has 2 bridgehead atoms. The quantitative estimate of drug-likeness (QED) is 0.859. The molecule has 0 heterocycles. The van der Waals surface area contributed by atoms with Crippen molar-refractivity contribution < 1.29 is 13.2 Å². The van der Waals surface area contributed by atoms with Crippen LogP contribution in [0, 0.1) is 11.8 Å². The lowest BCUT2D eigenvalue weighted by Crippen LogP contribution is -2.39. The minimum Gasteiger partial charge on any atom is -0.349 e. The summed E-state index contributed by atoms with van der Waals surface area (Å²) >= 11 is 0. The van der Waals surface area contributed by atoms with Gasteiger partial charge in [0.05, 0.1) is 16.1 Å². The van der Waals surface area contributed by atoms with Gasteiger partial charge in [0.2, 0.25) is 0 Å². The second kappa shape index (κ2) is 7.00. The van der Waals surface area contributed by atoms with Crippen LogP contribution in [0.25, 0.3) is 0 Å². The minimum absolute atomic E-state index is 0.196. The summed E-state index contributed by atoms with van der Waals surface area (Å²) in [6, 6.07) is 15.4. The Bertz CT molecular complexity index is 943. The van der Waals surface area contributed by atoms with Gasteiger partial charge in [0.1, 0.15) is 0 Å². The maximum atomic E-state index is 13.0. The van der Waals surface area contributed by atoms with Crippen molar-refractivity contribution in [2.75, 3.05) is 11.4 Å². The van der Waals surface area contributed by atoms with Crippen molar-refractivity contribution >= 4 is 21.6 Å². The summed E-state index contributed by atoms with van der Waals surface area (Å²) in [6.07, 6.45) is 4.69. The van der Waals surface area contributed by atoms with Crippen molar-refractivity contribution in [2.45, 2.75) is 36.6 Å². The number of benzene rings is 2. The predicted molar refractivity (Wildman–Crippen MR) is 105 cm³/mol. The Kier molecular flexibility index (Phi) is 4.68. The summed E-state index contributed by atoms with van der Waals surface area (Å²) in [6.45, 7) is 0. The topological polar surface area (TPSA) is 66.5 Å². The molecule has 0 radical (unpaired) electrons. The lowest BCUT2D eigenvalue weighted by atomic mass is 9.95. The maximum Gasteiger partial charge on any atom is 0.264 e. The van der Waals surface area contributed by atoms with E-state index < -0.39 is 10.0 Å². The maximum absolute atomic E-state index is 13.0. The first-order valence-electron chi connectivity index (χ1n) is 9.40. The number of hydrogen-bond donors (Lipinski definition) is 1. The average molecular weight is 385 g/mol. The molecule has 142 valence electrons. The number of amides is 1. The van der Waals surface area contributed by atoms with Crippen LogP contribution in [0.2, 0.25) is 0 Å². The van der Waals surface area contributed by atoms with Crippen LogP contribution in [0.4, 0.5) is 5.69 Å². The first-order chi connectivity index (χ1) is 13.0. The first kappa shape index (κ1) is 18.0. The molecule has 2 aliphatic rings. The number of carbonyl (C=O) groups is 1. The second-order valence-electron chi connectivity index (χ2n) is 7.56. The molecule has 1 amide bonds. The minimum atomic E-state index is -3.73. The molecule has 2 aromatic rings. The van der Waals surface area contributed by atoms with Crippen LogP contribution >= 0.6 is 0 Å². The number of anilines is 1. The summed E-state index contributed by atoms with van der Waals surface area (Å²) in [5.41, 5.74) is 0.782. The standard InChI is InChI=1S/C21H24N2O3S/c1-23(27(25,26)17-7-3-2-4-8-17)20-10-6-5-9-18(20)21(24)22-19-14-15-11-12-16(19)13-15/h2-10,15-16,19H,11-14H2,1H3,(H,22,24). The van der Waals surface area contributed by atoms with E-state index in [0.29, 0.717) is 17.2 Å². The highest BCUT2D eigenvalue weighted by molar-refractivity contribution is 7.92. The number of nitrogens with zero attached hydrogens (tertiary/aromatic N) is 1. The molecule has 0 aromatic heterocycles. The van der Waals surface area contributed by atoms with Gasteiger partial charge in [-0.2, -0.15) is 0 Å². The number of fused-ring (bicyclic) bond motifs is 2. The molecule has 2 saturated carbocycles. The monoisotopic (exact) mass is 384 g/mol. The van der Waals surface area contributed by atoms with Gasteiger partial charge in [-0.15, -0.1) is 0 Å². The van der Waals surface area contributed by atoms with Gasteiger partial charge in [-0.1, -0.05) is 36.8 Å². The van der Waals surface area contributed by atoms with Crippen LogP contribution in [-0.2, 0) is 10.0 Å². The van der Waals surface area contributed by atoms with Crippen molar-refractivity contribution in [2.24, 2.45) is 11.8 Å². The van der Waals surface area contributed by atoms with Crippen LogP contribution in [0.5, 0.6) is 0 Å². The molecule has 4 rings (SSSR count). The van der Waals surface area contributed by atoms with Crippen molar-refractivity contribution in [3.05, 3.63) is 60.2 Å². The van der Waals surface area contributed by atoms with E-state index in [1.807, 2.05) is 0 Å². The van der Waals surface area contributed by atoms with Crippen LogP contribution in [0.1, 0.15) is 36.0 Å². The van der Waals surface area contributed by atoms with Gasteiger partial charge < -0.3 is 5.32 Å². The van der Waals surface area contributed by atoms with Crippen LogP contribution in [0.3, 0.4) is 0 Å². The molecule has 0 saturated heterocycles. The third-order valence-corrected chi connectivity index (χ3v) is 7.73. The fraction of sp³-hybridized carbons (Fsp3) is 0.381. The number of sulfonamides is 1. The molecule has 27 heavy (non-hydrogen) atoms. The van der Waals surface area contributed by atoms with Crippen LogP contribution < -0.4 is 9.62 Å². The fourth-order valence-corrected chi connectivity index (χ4v) is 5.72. The van der Waals surface area contributed by atoms with Crippen LogP contribution in [-0.4, -0.2) is 27.4 Å². The molecule has 3 unspecified atom stereocenters. The number of nitrogens with one attached hydrogen (secondary N) is 1. The molecule has 1 N–H and O–H groups in total. The molecule has 3 atom stereocenters. The summed E-state index contributed by atoms with van der Waals surface area (Å²) in [7, 11) is -2.24. The Hall–Kier alpha value is -2.34. The van der Waals surface area contributed by atoms with Crippen molar-refractivity contribution in [1.29, 1.82) is 0 Å². The molecular weight excluding hydrogens is 360 g/mol. The summed E-state index contributed by atoms with van der Waals surface area (Å²) in [4.78, 5) is 13.1. The molecule has 0 aliphatic heterocycles. The Balaban J connectivity index is 1.60. The zero-order valence-corrected chi connectivity index (χ0v) is 16.2. The zero-order valence-electron chi connectivity index (χ0n) is 15.3. The van der Waals surface area contributed by atoms with Crippen molar-refractivity contribution in [3.8, 4) is 0 Å². The average Bonchev–Trinajstić information content (AvgIpc) is 3.31. The van der Waals surface area contributed by atoms with Gasteiger partial charge in [0, 0.05) is 13.1 Å². The summed E-state index contributed by atoms with van der Waals surface area (Å²) < 4.78 is 27.1. The third-order valence-electron chi connectivity index (χ3n) is 5.94. The van der Waals surface area contributed by atoms with E-state index in [1.165, 1.54) is 30.6 Å². The predicted octanol–water partition coefficient (Wildman–Crippen LogP) is 3.43. The van der Waals surface area contributed by atoms with E-state index in [0.717, 1.165) is 12.3 Å². The molecule has 2 aromatic carbocycles. The molecular formula is C21H24N2O3S. The normalized spacial score (nSPS) is 24.0. The number of rotatable bonds is 5. The zero-order chi connectivity index (χ0) is 19.0. The summed E-state index contributed by atoms with van der Waals surface area (Å²) in [5, 5.41) is 3.15. The number of carbonyl (C=O) groups excluding carboxylic acids is 1. The molecule has 5 nitrogen and oxygen atoms in total. The van der Waals surface area contributed by atoms with Gasteiger partial charge in [0.15, 0.2) is 0 Å². The number of para-hydroxylation sites is 1. The van der Waals surface area contributed by atoms with E-state index in [-0.39, 0.29) is 16.8 Å². The fourth-order valence-electron chi connectivity index (χ4n) is 4.49. The Morgan fingerprint density at radius 3 is 2.37 bits per heavy atom. The highest BCUT2D eigenvalue weighted by Gasteiger charge is 2.40. The second-order valence-corrected chi connectivity index (χ2v) is 9.53. The SMILES string of the molecule is CN(c1ccccc1C(=O)NC1CC2CCC1C2)S(=O)(=O)c1ccccc1. The smallest absolute Gasteiger partial charge is 0.264 e. The summed E-state index contributed by atoms with van der Waals surface area (Å²) in [5.74, 6) is 1.10. The van der Waals surface area contributed by atoms with Gasteiger partial charge in [-0.25, -0.2) is 8.42 Å². The molecule has 2 fully saturated rings. The van der Waals surface area contributed by atoms with Gasteiger partial charge >= 0.3 is 0 Å². The van der Waals surface area contributed by atoms with Gasteiger partial charge in [-0.3, -0.25) is 9.10 Å². The van der Waals surface area contributed by atoms with E-state index >= 15 is 0 Å². The van der Waals surface area contributed by atoms with E-state index in [9.17, 15) is 13.2 Å². The van der Waals surface area contributed by atoms with Crippen molar-refractivity contribution in [3.63, 3.8) is 0 Å².